The van der Waals surface area contributed by atoms with Crippen LogP contribution in [-0.4, -0.2) is 49.0 Å². The topological polar surface area (TPSA) is 108 Å². The van der Waals surface area contributed by atoms with E-state index in [0.29, 0.717) is 43.0 Å². The van der Waals surface area contributed by atoms with Gasteiger partial charge in [0.15, 0.2) is 0 Å². The van der Waals surface area contributed by atoms with Gasteiger partial charge in [0.2, 0.25) is 5.75 Å². The highest BCUT2D eigenvalue weighted by Crippen LogP contribution is 2.30. The molecule has 0 unspecified atom stereocenters. The Morgan fingerprint density at radius 3 is 2.19 bits per heavy atom. The Balaban J connectivity index is 1.65. The maximum atomic E-state index is 12.9. The maximum Gasteiger partial charge on any atom is 0.314 e. The number of benzene rings is 2. The summed E-state index contributed by atoms with van der Waals surface area (Å²) in [5, 5.41) is 11.2. The SMILES string of the molecule is COc1cc(OC)cc(C(=O)N2CCC(C(=O)Oc3cc(C)ccc3[N+](=O)[O-])CC2)c1. The Hall–Kier alpha value is -3.62. The van der Waals surface area contributed by atoms with Crippen LogP contribution in [0.3, 0.4) is 0 Å². The first-order chi connectivity index (χ1) is 14.8. The number of esters is 1. The van der Waals surface area contributed by atoms with Gasteiger partial charge in [-0.05, 0) is 43.5 Å². The minimum atomic E-state index is -0.578. The molecule has 1 aliphatic heterocycles. The predicted molar refractivity (Wildman–Crippen MR) is 112 cm³/mol. The van der Waals surface area contributed by atoms with E-state index in [1.165, 1.54) is 26.4 Å². The second kappa shape index (κ2) is 9.46. The molecule has 1 amide bonds. The highest BCUT2D eigenvalue weighted by Gasteiger charge is 2.31. The summed E-state index contributed by atoms with van der Waals surface area (Å²) in [5.74, 6) is -0.176. The second-order valence-electron chi connectivity index (χ2n) is 7.32. The smallest absolute Gasteiger partial charge is 0.314 e. The van der Waals surface area contributed by atoms with Crippen molar-refractivity contribution < 1.29 is 28.7 Å². The normalized spacial score (nSPS) is 14.1. The van der Waals surface area contributed by atoms with Crippen molar-refractivity contribution >= 4 is 17.6 Å². The molecule has 9 nitrogen and oxygen atoms in total. The number of methoxy groups -OCH3 is 2. The van der Waals surface area contributed by atoms with Crippen LogP contribution in [0.1, 0.15) is 28.8 Å². The lowest BCUT2D eigenvalue weighted by molar-refractivity contribution is -0.385. The van der Waals surface area contributed by atoms with Crippen LogP contribution < -0.4 is 14.2 Å². The highest BCUT2D eigenvalue weighted by atomic mass is 16.6. The molecule has 0 N–H and O–H groups in total. The first kappa shape index (κ1) is 22.1. The van der Waals surface area contributed by atoms with E-state index in [1.807, 2.05) is 0 Å². The van der Waals surface area contributed by atoms with Gasteiger partial charge in [0.05, 0.1) is 25.1 Å². The number of carbonyl (C=O) groups excluding carboxylic acids is 2. The Morgan fingerprint density at radius 1 is 1.03 bits per heavy atom. The first-order valence-electron chi connectivity index (χ1n) is 9.81. The molecule has 0 radical (unpaired) electrons. The molecule has 0 bridgehead atoms. The first-order valence-corrected chi connectivity index (χ1v) is 9.81. The third-order valence-electron chi connectivity index (χ3n) is 5.24. The van der Waals surface area contributed by atoms with E-state index in [0.717, 1.165) is 5.56 Å². The zero-order valence-corrected chi connectivity index (χ0v) is 17.6. The van der Waals surface area contributed by atoms with Gasteiger partial charge in [-0.25, -0.2) is 0 Å². The van der Waals surface area contributed by atoms with E-state index in [4.69, 9.17) is 14.2 Å². The van der Waals surface area contributed by atoms with E-state index in [9.17, 15) is 19.7 Å². The van der Waals surface area contributed by atoms with Gasteiger partial charge < -0.3 is 19.1 Å². The van der Waals surface area contributed by atoms with Gasteiger partial charge in [0.1, 0.15) is 11.5 Å². The number of likely N-dealkylation sites (tertiary alicyclic amines) is 1. The molecule has 0 saturated carbocycles. The average molecular weight is 428 g/mol. The third kappa shape index (κ3) is 5.11. The number of aryl methyl sites for hydroxylation is 1. The van der Waals surface area contributed by atoms with Crippen molar-refractivity contribution in [3.63, 3.8) is 0 Å². The van der Waals surface area contributed by atoms with Crippen LogP contribution in [0.25, 0.3) is 0 Å². The van der Waals surface area contributed by atoms with Crippen molar-refractivity contribution in [2.45, 2.75) is 19.8 Å². The van der Waals surface area contributed by atoms with Crippen LogP contribution in [0.5, 0.6) is 17.2 Å². The van der Waals surface area contributed by atoms with Gasteiger partial charge >= 0.3 is 11.7 Å². The molecule has 1 fully saturated rings. The predicted octanol–water partition coefficient (Wildman–Crippen LogP) is 3.38. The fourth-order valence-electron chi connectivity index (χ4n) is 3.48. The molecule has 1 heterocycles. The summed E-state index contributed by atoms with van der Waals surface area (Å²) in [6.45, 7) is 2.50. The molecule has 31 heavy (non-hydrogen) atoms. The quantitative estimate of drug-likeness (QED) is 0.300. The van der Waals surface area contributed by atoms with Crippen LogP contribution in [0.15, 0.2) is 36.4 Å². The number of nitrogens with zero attached hydrogens (tertiary/aromatic N) is 2. The molecule has 0 aromatic heterocycles. The van der Waals surface area contributed by atoms with Crippen molar-refractivity contribution in [1.82, 2.24) is 4.90 Å². The number of piperidine rings is 1. The van der Waals surface area contributed by atoms with Gasteiger partial charge in [0, 0.05) is 30.8 Å². The number of hydrogen-bond acceptors (Lipinski definition) is 7. The number of nitro groups is 1. The van der Waals surface area contributed by atoms with E-state index in [-0.39, 0.29) is 17.3 Å². The van der Waals surface area contributed by atoms with E-state index in [1.54, 1.807) is 36.1 Å². The van der Waals surface area contributed by atoms with Crippen LogP contribution in [-0.2, 0) is 4.79 Å². The lowest BCUT2D eigenvalue weighted by Crippen LogP contribution is -2.41. The molecular formula is C22H24N2O7. The van der Waals surface area contributed by atoms with Crippen molar-refractivity contribution in [1.29, 1.82) is 0 Å². The summed E-state index contributed by atoms with van der Waals surface area (Å²) < 4.78 is 15.8. The van der Waals surface area contributed by atoms with Crippen LogP contribution >= 0.6 is 0 Å². The van der Waals surface area contributed by atoms with Gasteiger partial charge in [-0.2, -0.15) is 0 Å². The standard InChI is InChI=1S/C22H24N2O7/c1-14-4-5-19(24(27)28)20(10-14)31-22(26)15-6-8-23(9-7-15)21(25)16-11-17(29-2)13-18(12-16)30-3/h4-5,10-13,15H,6-9H2,1-3H3. The molecule has 0 aliphatic carbocycles. The molecule has 1 aliphatic rings. The number of nitro benzene ring substituents is 1. The Labute approximate surface area is 179 Å². The fraction of sp³-hybridized carbons (Fsp3) is 0.364. The summed E-state index contributed by atoms with van der Waals surface area (Å²) in [6.07, 6.45) is 0.816. The number of hydrogen-bond donors (Lipinski definition) is 0. The summed E-state index contributed by atoms with van der Waals surface area (Å²) >= 11 is 0. The Bertz CT molecular complexity index is 975. The van der Waals surface area contributed by atoms with Crippen molar-refractivity contribution in [2.24, 2.45) is 5.92 Å². The van der Waals surface area contributed by atoms with E-state index in [2.05, 4.69) is 0 Å². The van der Waals surface area contributed by atoms with Crippen LogP contribution in [0.4, 0.5) is 5.69 Å². The Kier molecular flexibility index (Phi) is 6.74. The van der Waals surface area contributed by atoms with Crippen LogP contribution in [0, 0.1) is 23.0 Å². The minimum absolute atomic E-state index is 0.0584. The molecule has 164 valence electrons. The second-order valence-corrected chi connectivity index (χ2v) is 7.32. The van der Waals surface area contributed by atoms with Gasteiger partial charge in [-0.15, -0.1) is 0 Å². The van der Waals surface area contributed by atoms with Crippen molar-refractivity contribution in [3.8, 4) is 17.2 Å². The zero-order valence-electron chi connectivity index (χ0n) is 17.6. The number of amides is 1. The molecule has 2 aromatic carbocycles. The minimum Gasteiger partial charge on any atom is -0.497 e. The van der Waals surface area contributed by atoms with Gasteiger partial charge in [0.25, 0.3) is 5.91 Å². The van der Waals surface area contributed by atoms with Gasteiger partial charge in [-0.3, -0.25) is 19.7 Å². The monoisotopic (exact) mass is 428 g/mol. The number of carbonyl (C=O) groups is 2. The van der Waals surface area contributed by atoms with Gasteiger partial charge in [-0.1, -0.05) is 6.07 Å². The van der Waals surface area contributed by atoms with Crippen molar-refractivity contribution in [2.75, 3.05) is 27.3 Å². The molecular weight excluding hydrogens is 404 g/mol. The third-order valence-corrected chi connectivity index (χ3v) is 5.24. The molecule has 0 atom stereocenters. The summed E-state index contributed by atoms with van der Waals surface area (Å²) in [4.78, 5) is 37.7. The van der Waals surface area contributed by atoms with E-state index >= 15 is 0 Å². The highest BCUT2D eigenvalue weighted by molar-refractivity contribution is 5.95. The number of ether oxygens (including phenoxy) is 3. The van der Waals surface area contributed by atoms with Crippen LogP contribution in [0.2, 0.25) is 0 Å². The average Bonchev–Trinajstić information content (AvgIpc) is 2.78. The number of rotatable bonds is 6. The Morgan fingerprint density at radius 2 is 1.65 bits per heavy atom. The largest absolute Gasteiger partial charge is 0.497 e. The molecule has 3 rings (SSSR count). The van der Waals surface area contributed by atoms with Crippen molar-refractivity contribution in [3.05, 3.63) is 57.6 Å². The maximum absolute atomic E-state index is 12.9. The lowest BCUT2D eigenvalue weighted by Gasteiger charge is -2.31. The summed E-state index contributed by atoms with van der Waals surface area (Å²) in [6, 6.07) is 9.35. The fourth-order valence-corrected chi connectivity index (χ4v) is 3.48. The molecule has 2 aromatic rings. The molecule has 1 saturated heterocycles. The summed E-state index contributed by atoms with van der Waals surface area (Å²) in [5.41, 5.74) is 0.939. The molecule has 9 heteroatoms. The zero-order chi connectivity index (χ0) is 22.5. The molecule has 0 spiro atoms. The lowest BCUT2D eigenvalue weighted by atomic mass is 9.96. The summed E-state index contributed by atoms with van der Waals surface area (Å²) in [7, 11) is 3.03. The van der Waals surface area contributed by atoms with E-state index < -0.39 is 16.8 Å².